The van der Waals surface area contributed by atoms with Crippen LogP contribution in [0.3, 0.4) is 0 Å². The zero-order valence-corrected chi connectivity index (χ0v) is 25.0. The maximum Gasteiger partial charge on any atom is 0.0625 e. The summed E-state index contributed by atoms with van der Waals surface area (Å²) in [5.74, 6) is 3.56. The third kappa shape index (κ3) is 3.27. The molecule has 5 rings (SSSR count). The van der Waals surface area contributed by atoms with E-state index in [2.05, 4.69) is 62.0 Å². The van der Waals surface area contributed by atoms with Crippen LogP contribution < -0.4 is 0 Å². The summed E-state index contributed by atoms with van der Waals surface area (Å²) in [5.41, 5.74) is 4.49. The topological polar surface area (TPSA) is 9.23 Å². The Morgan fingerprint density at radius 1 is 0.914 bits per heavy atom. The van der Waals surface area contributed by atoms with E-state index < -0.39 is 0 Å². The molecule has 0 bridgehead atoms. The molecule has 0 aliphatic heterocycles. The zero-order chi connectivity index (χ0) is 25.7. The van der Waals surface area contributed by atoms with Crippen molar-refractivity contribution in [3.63, 3.8) is 0 Å². The summed E-state index contributed by atoms with van der Waals surface area (Å²) in [6.45, 7) is 24.9. The molecule has 5 aliphatic carbocycles. The molecule has 0 aromatic carbocycles. The molecule has 0 amide bonds. The lowest BCUT2D eigenvalue weighted by Crippen LogP contribution is -2.57. The first-order valence-electron chi connectivity index (χ1n) is 15.5. The van der Waals surface area contributed by atoms with Crippen LogP contribution in [-0.2, 0) is 4.74 Å². The van der Waals surface area contributed by atoms with Gasteiger partial charge in [-0.25, -0.2) is 0 Å². The van der Waals surface area contributed by atoms with E-state index in [0.717, 1.165) is 23.7 Å². The molecule has 200 valence electrons. The van der Waals surface area contributed by atoms with Gasteiger partial charge in [0, 0.05) is 7.11 Å². The highest BCUT2D eigenvalue weighted by Gasteiger charge is 2.82. The van der Waals surface area contributed by atoms with Crippen LogP contribution in [0.25, 0.3) is 0 Å². The van der Waals surface area contributed by atoms with Gasteiger partial charge in [0.25, 0.3) is 0 Å². The third-order valence-corrected chi connectivity index (χ3v) is 14.8. The first-order chi connectivity index (χ1) is 16.3. The minimum atomic E-state index is 0.291. The second-order valence-electron chi connectivity index (χ2n) is 16.1. The molecule has 0 N–H and O–H groups in total. The second kappa shape index (κ2) is 8.10. The van der Waals surface area contributed by atoms with Gasteiger partial charge >= 0.3 is 0 Å². The molecule has 9 atom stereocenters. The van der Waals surface area contributed by atoms with Gasteiger partial charge in [-0.1, -0.05) is 67.5 Å². The van der Waals surface area contributed by atoms with Gasteiger partial charge in [0.05, 0.1) is 6.10 Å². The number of rotatable bonds is 7. The standard InChI is InChI=1S/C34H58O/c1-11-29(4,5)24(3)13-12-23(2)25-16-18-32(9)27-15-14-26-30(6,7)28(35-10)17-19-33(26)22-34(27,33)21-20-31(25,32)8/h23,25-28H,3,11-22H2,1-2,4-10H3/t23-,25-,26+,27+,28+,31-,32+,33-,34+/m1/s1. The largest absolute Gasteiger partial charge is 0.381 e. The number of hydrogen-bond acceptors (Lipinski definition) is 1. The van der Waals surface area contributed by atoms with E-state index in [0.29, 0.717) is 38.6 Å². The number of methoxy groups -OCH3 is 1. The normalized spacial score (nSPS) is 48.8. The van der Waals surface area contributed by atoms with Crippen LogP contribution in [-0.4, -0.2) is 13.2 Å². The van der Waals surface area contributed by atoms with Gasteiger partial charge in [0.15, 0.2) is 0 Å². The second-order valence-corrected chi connectivity index (χ2v) is 16.1. The molecule has 0 heterocycles. The van der Waals surface area contributed by atoms with Gasteiger partial charge in [0.1, 0.15) is 0 Å². The van der Waals surface area contributed by atoms with Gasteiger partial charge in [-0.2, -0.15) is 0 Å². The van der Waals surface area contributed by atoms with Crippen molar-refractivity contribution in [3.8, 4) is 0 Å². The summed E-state index contributed by atoms with van der Waals surface area (Å²) in [4.78, 5) is 0. The van der Waals surface area contributed by atoms with Gasteiger partial charge in [-0.15, -0.1) is 0 Å². The Morgan fingerprint density at radius 3 is 2.23 bits per heavy atom. The number of hydrogen-bond donors (Lipinski definition) is 0. The third-order valence-electron chi connectivity index (χ3n) is 14.8. The predicted molar refractivity (Wildman–Crippen MR) is 149 cm³/mol. The fourth-order valence-electron chi connectivity index (χ4n) is 11.9. The summed E-state index contributed by atoms with van der Waals surface area (Å²) in [6, 6.07) is 0. The molecule has 0 radical (unpaired) electrons. The number of allylic oxidation sites excluding steroid dienone is 1. The summed E-state index contributed by atoms with van der Waals surface area (Å²) >= 11 is 0. The van der Waals surface area contributed by atoms with Gasteiger partial charge < -0.3 is 4.74 Å². The Kier molecular flexibility index (Phi) is 6.09. The van der Waals surface area contributed by atoms with E-state index in [4.69, 9.17) is 4.74 Å². The van der Waals surface area contributed by atoms with Crippen LogP contribution in [0.2, 0.25) is 0 Å². The molecule has 0 unspecified atom stereocenters. The average Bonchev–Trinajstić information content (AvgIpc) is 3.39. The highest BCUT2D eigenvalue weighted by atomic mass is 16.5. The molecule has 0 saturated heterocycles. The van der Waals surface area contributed by atoms with Crippen molar-refractivity contribution in [2.45, 2.75) is 139 Å². The smallest absolute Gasteiger partial charge is 0.0625 e. The van der Waals surface area contributed by atoms with Crippen LogP contribution in [0.5, 0.6) is 0 Å². The van der Waals surface area contributed by atoms with Crippen molar-refractivity contribution in [3.05, 3.63) is 12.2 Å². The molecular formula is C34H58O. The number of ether oxygens (including phenoxy) is 1. The van der Waals surface area contributed by atoms with E-state index in [1.807, 2.05) is 7.11 Å². The SMILES string of the molecule is C=C(CC[C@@H](C)[C@H]1CC[C@@]2(C)[C@@H]3CC[C@H]4C(C)(C)[C@@H](OC)CC[C@@]45C[C@@]35CC[C@]12C)C(C)(C)CC. The van der Waals surface area contributed by atoms with Crippen molar-refractivity contribution >= 4 is 0 Å². The fraction of sp³-hybridized carbons (Fsp3) is 0.941. The van der Waals surface area contributed by atoms with Crippen LogP contribution in [0, 0.1) is 56.2 Å². The van der Waals surface area contributed by atoms with Crippen molar-refractivity contribution in [1.82, 2.24) is 0 Å². The number of fused-ring (bicyclic) bond motifs is 2. The minimum Gasteiger partial charge on any atom is -0.381 e. The predicted octanol–water partition coefficient (Wildman–Crippen LogP) is 9.85. The van der Waals surface area contributed by atoms with Crippen molar-refractivity contribution < 1.29 is 4.74 Å². The highest BCUT2D eigenvalue weighted by Crippen LogP contribution is 2.89. The van der Waals surface area contributed by atoms with Crippen molar-refractivity contribution in [2.24, 2.45) is 56.2 Å². The maximum absolute atomic E-state index is 6.06. The first-order valence-corrected chi connectivity index (χ1v) is 15.5. The molecule has 1 nitrogen and oxygen atoms in total. The molecule has 5 aliphatic rings. The van der Waals surface area contributed by atoms with E-state index in [9.17, 15) is 0 Å². The van der Waals surface area contributed by atoms with Gasteiger partial charge in [0.2, 0.25) is 0 Å². The summed E-state index contributed by atoms with van der Waals surface area (Å²) < 4.78 is 6.06. The summed E-state index contributed by atoms with van der Waals surface area (Å²) in [7, 11) is 1.96. The van der Waals surface area contributed by atoms with Crippen LogP contribution in [0.15, 0.2) is 12.2 Å². The van der Waals surface area contributed by atoms with Crippen LogP contribution in [0.1, 0.15) is 132 Å². The van der Waals surface area contributed by atoms with Gasteiger partial charge in [-0.3, -0.25) is 0 Å². The Labute approximate surface area is 218 Å². The fourth-order valence-corrected chi connectivity index (χ4v) is 11.9. The minimum absolute atomic E-state index is 0.291. The molecule has 35 heavy (non-hydrogen) atoms. The molecule has 0 aromatic rings. The van der Waals surface area contributed by atoms with Crippen molar-refractivity contribution in [1.29, 1.82) is 0 Å². The lowest BCUT2D eigenvalue weighted by atomic mass is 9.41. The van der Waals surface area contributed by atoms with Crippen LogP contribution >= 0.6 is 0 Å². The van der Waals surface area contributed by atoms with E-state index >= 15 is 0 Å². The first kappa shape index (κ1) is 26.3. The molecule has 0 aromatic heterocycles. The molecule has 5 fully saturated rings. The maximum atomic E-state index is 6.06. The quantitative estimate of drug-likeness (QED) is 0.328. The van der Waals surface area contributed by atoms with E-state index in [1.54, 1.807) is 6.42 Å². The summed E-state index contributed by atoms with van der Waals surface area (Å²) in [5, 5.41) is 0. The Morgan fingerprint density at radius 2 is 1.57 bits per heavy atom. The molecule has 1 heteroatoms. The Hall–Kier alpha value is -0.300. The van der Waals surface area contributed by atoms with Crippen LogP contribution in [0.4, 0.5) is 0 Å². The monoisotopic (exact) mass is 482 g/mol. The summed E-state index contributed by atoms with van der Waals surface area (Å²) in [6.07, 6.45) is 17.4. The molecule has 2 spiro atoms. The molecular weight excluding hydrogens is 424 g/mol. The Bertz CT molecular complexity index is 853. The highest BCUT2D eigenvalue weighted by molar-refractivity contribution is 5.30. The van der Waals surface area contributed by atoms with Gasteiger partial charge in [-0.05, 0) is 133 Å². The zero-order valence-electron chi connectivity index (χ0n) is 25.0. The van der Waals surface area contributed by atoms with Crippen molar-refractivity contribution in [2.75, 3.05) is 7.11 Å². The lowest BCUT2D eigenvalue weighted by molar-refractivity contribution is -0.166. The average molecular weight is 483 g/mol. The van der Waals surface area contributed by atoms with E-state index in [1.165, 1.54) is 76.2 Å². The van der Waals surface area contributed by atoms with E-state index in [-0.39, 0.29) is 0 Å². The lowest BCUT2D eigenvalue weighted by Gasteiger charge is -2.63. The molecule has 5 saturated carbocycles. The Balaban J connectivity index is 1.35.